The van der Waals surface area contributed by atoms with Gasteiger partial charge in [0.25, 0.3) is 5.91 Å². The summed E-state index contributed by atoms with van der Waals surface area (Å²) in [6.07, 6.45) is 9.16. The highest BCUT2D eigenvalue weighted by Crippen LogP contribution is 2.51. The highest BCUT2D eigenvalue weighted by atomic mass is 16.5. The number of carbonyl (C=O) groups is 2. The first kappa shape index (κ1) is 14.4. The Bertz CT molecular complexity index is 762. The Morgan fingerprint density at radius 2 is 2.22 bits per heavy atom. The Balaban J connectivity index is 1.50. The average Bonchev–Trinajstić information content (AvgIpc) is 3.29. The third-order valence-electron chi connectivity index (χ3n) is 5.09. The van der Waals surface area contributed by atoms with Crippen LogP contribution >= 0.6 is 0 Å². The molecule has 1 saturated carbocycles. The lowest BCUT2D eigenvalue weighted by atomic mass is 9.90. The Labute approximate surface area is 135 Å². The molecule has 0 aromatic heterocycles. The second-order valence-electron chi connectivity index (χ2n) is 6.53. The fourth-order valence-electron chi connectivity index (χ4n) is 3.56. The summed E-state index contributed by atoms with van der Waals surface area (Å²) >= 11 is 0. The minimum absolute atomic E-state index is 0.111. The van der Waals surface area contributed by atoms with Crippen molar-refractivity contribution in [2.45, 2.75) is 31.3 Å². The molecular formula is C19H19NO3. The van der Waals surface area contributed by atoms with Gasteiger partial charge < -0.3 is 10.1 Å². The molecule has 4 rings (SSSR count). The molecule has 0 spiro atoms. The van der Waals surface area contributed by atoms with Crippen molar-refractivity contribution in [3.05, 3.63) is 53.1 Å². The number of Topliss-reactive ketones (excluding diaryl/α,β-unsaturated/α-hetero) is 1. The number of fused-ring (bicyclic) bond motifs is 2. The molecule has 2 atom stereocenters. The van der Waals surface area contributed by atoms with Crippen molar-refractivity contribution in [3.63, 3.8) is 0 Å². The van der Waals surface area contributed by atoms with Crippen molar-refractivity contribution in [3.8, 4) is 0 Å². The Morgan fingerprint density at radius 3 is 3.00 bits per heavy atom. The molecular weight excluding hydrogens is 290 g/mol. The smallest absolute Gasteiger partial charge is 0.255 e. The van der Waals surface area contributed by atoms with E-state index in [2.05, 4.69) is 5.32 Å². The van der Waals surface area contributed by atoms with Gasteiger partial charge in [0.05, 0.1) is 5.60 Å². The zero-order chi connectivity index (χ0) is 16.0. The summed E-state index contributed by atoms with van der Waals surface area (Å²) in [5.74, 6) is 0.394. The second kappa shape index (κ2) is 5.17. The van der Waals surface area contributed by atoms with Gasteiger partial charge in [0.15, 0.2) is 5.78 Å². The first-order valence-corrected chi connectivity index (χ1v) is 8.05. The van der Waals surface area contributed by atoms with E-state index >= 15 is 0 Å². The summed E-state index contributed by atoms with van der Waals surface area (Å²) in [6, 6.07) is 5.56. The molecule has 2 unspecified atom stereocenters. The molecule has 118 valence electrons. The van der Waals surface area contributed by atoms with Gasteiger partial charge >= 0.3 is 0 Å². The SMILES string of the molecule is COC12C=CC(C(=O)Nc3ccc4c(c3)CCCC4=O)=CC1C2. The van der Waals surface area contributed by atoms with E-state index in [9.17, 15) is 9.59 Å². The van der Waals surface area contributed by atoms with Gasteiger partial charge in [0, 0.05) is 36.3 Å². The van der Waals surface area contributed by atoms with Gasteiger partial charge in [-0.2, -0.15) is 0 Å². The van der Waals surface area contributed by atoms with Gasteiger partial charge in [-0.3, -0.25) is 9.59 Å². The Hall–Kier alpha value is -2.20. The first-order valence-electron chi connectivity index (χ1n) is 8.05. The maximum absolute atomic E-state index is 12.4. The summed E-state index contributed by atoms with van der Waals surface area (Å²) in [5, 5.41) is 2.94. The van der Waals surface area contributed by atoms with Crippen molar-refractivity contribution in [1.29, 1.82) is 0 Å². The van der Waals surface area contributed by atoms with Crippen LogP contribution < -0.4 is 5.32 Å². The van der Waals surface area contributed by atoms with Crippen LogP contribution in [0, 0.1) is 5.92 Å². The fourth-order valence-corrected chi connectivity index (χ4v) is 3.56. The number of nitrogens with one attached hydrogen (secondary N) is 1. The topological polar surface area (TPSA) is 55.4 Å². The quantitative estimate of drug-likeness (QED) is 0.933. The third-order valence-corrected chi connectivity index (χ3v) is 5.09. The van der Waals surface area contributed by atoms with Gasteiger partial charge in [-0.1, -0.05) is 18.2 Å². The van der Waals surface area contributed by atoms with Crippen LogP contribution in [0.3, 0.4) is 0 Å². The molecule has 1 aromatic carbocycles. The van der Waals surface area contributed by atoms with Crippen LogP contribution in [0.5, 0.6) is 0 Å². The Morgan fingerprint density at radius 1 is 1.35 bits per heavy atom. The maximum atomic E-state index is 12.4. The van der Waals surface area contributed by atoms with Gasteiger partial charge in [-0.05, 0) is 43.0 Å². The zero-order valence-electron chi connectivity index (χ0n) is 13.1. The predicted molar refractivity (Wildman–Crippen MR) is 87.4 cm³/mol. The second-order valence-corrected chi connectivity index (χ2v) is 6.53. The highest BCUT2D eigenvalue weighted by Gasteiger charge is 2.53. The van der Waals surface area contributed by atoms with Crippen LogP contribution in [-0.2, 0) is 16.0 Å². The molecule has 4 heteroatoms. The number of benzene rings is 1. The van der Waals surface area contributed by atoms with E-state index in [4.69, 9.17) is 4.74 Å². The molecule has 23 heavy (non-hydrogen) atoms. The molecule has 1 N–H and O–H groups in total. The molecule has 1 fully saturated rings. The van der Waals surface area contributed by atoms with E-state index in [1.54, 1.807) is 7.11 Å². The largest absolute Gasteiger partial charge is 0.374 e. The van der Waals surface area contributed by atoms with E-state index in [1.165, 1.54) is 0 Å². The van der Waals surface area contributed by atoms with Crippen LogP contribution in [0.2, 0.25) is 0 Å². The summed E-state index contributed by atoms with van der Waals surface area (Å²) in [4.78, 5) is 24.3. The summed E-state index contributed by atoms with van der Waals surface area (Å²) in [5.41, 5.74) is 3.09. The molecule has 0 bridgehead atoms. The van der Waals surface area contributed by atoms with Crippen molar-refractivity contribution in [2.24, 2.45) is 5.92 Å². The lowest BCUT2D eigenvalue weighted by Gasteiger charge is -2.17. The molecule has 3 aliphatic carbocycles. The van der Waals surface area contributed by atoms with Crippen molar-refractivity contribution in [1.82, 2.24) is 0 Å². The predicted octanol–water partition coefficient (Wildman–Crippen LogP) is 3.05. The third kappa shape index (κ3) is 2.43. The molecule has 0 aliphatic heterocycles. The molecule has 0 heterocycles. The number of hydrogen-bond donors (Lipinski definition) is 1. The van der Waals surface area contributed by atoms with E-state index in [0.29, 0.717) is 17.9 Å². The lowest BCUT2D eigenvalue weighted by molar-refractivity contribution is -0.112. The number of amides is 1. The molecule has 0 radical (unpaired) electrons. The summed E-state index contributed by atoms with van der Waals surface area (Å²) in [6.45, 7) is 0. The molecule has 3 aliphatic rings. The molecule has 4 nitrogen and oxygen atoms in total. The molecule has 1 aromatic rings. The normalized spacial score (nSPS) is 27.8. The van der Waals surface area contributed by atoms with E-state index in [1.807, 2.05) is 36.4 Å². The number of ether oxygens (including phenoxy) is 1. The number of hydrogen-bond acceptors (Lipinski definition) is 3. The van der Waals surface area contributed by atoms with Gasteiger partial charge in [0.2, 0.25) is 0 Å². The van der Waals surface area contributed by atoms with Crippen LogP contribution in [0.15, 0.2) is 42.0 Å². The standard InChI is InChI=1S/C19H19NO3/c1-23-19-8-7-13(9-14(19)11-19)18(22)20-15-5-6-16-12(10-15)3-2-4-17(16)21/h5-10,14H,2-4,11H2,1H3,(H,20,22). The number of ketones is 1. The monoisotopic (exact) mass is 309 g/mol. The number of anilines is 1. The Kier molecular flexibility index (Phi) is 3.23. The first-order chi connectivity index (χ1) is 11.1. The van der Waals surface area contributed by atoms with Gasteiger partial charge in [-0.25, -0.2) is 0 Å². The van der Waals surface area contributed by atoms with Crippen molar-refractivity contribution < 1.29 is 14.3 Å². The van der Waals surface area contributed by atoms with Crippen molar-refractivity contribution in [2.75, 3.05) is 12.4 Å². The van der Waals surface area contributed by atoms with E-state index in [-0.39, 0.29) is 17.3 Å². The van der Waals surface area contributed by atoms with E-state index < -0.39 is 0 Å². The van der Waals surface area contributed by atoms with Crippen LogP contribution in [0.25, 0.3) is 0 Å². The van der Waals surface area contributed by atoms with Crippen molar-refractivity contribution >= 4 is 17.4 Å². The summed E-state index contributed by atoms with van der Waals surface area (Å²) in [7, 11) is 1.71. The maximum Gasteiger partial charge on any atom is 0.255 e. The highest BCUT2D eigenvalue weighted by molar-refractivity contribution is 6.06. The lowest BCUT2D eigenvalue weighted by Crippen LogP contribution is -2.19. The van der Waals surface area contributed by atoms with E-state index in [0.717, 1.165) is 36.1 Å². The zero-order valence-corrected chi connectivity index (χ0v) is 13.1. The van der Waals surface area contributed by atoms with Crippen LogP contribution in [0.4, 0.5) is 5.69 Å². The minimum atomic E-state index is -0.171. The minimum Gasteiger partial charge on any atom is -0.374 e. The number of rotatable bonds is 3. The molecule has 1 amide bonds. The van der Waals surface area contributed by atoms with Crippen LogP contribution in [-0.4, -0.2) is 24.4 Å². The number of methoxy groups -OCH3 is 1. The van der Waals surface area contributed by atoms with Crippen LogP contribution in [0.1, 0.15) is 35.2 Å². The van der Waals surface area contributed by atoms with Gasteiger partial charge in [0.1, 0.15) is 0 Å². The summed E-state index contributed by atoms with van der Waals surface area (Å²) < 4.78 is 5.48. The number of aryl methyl sites for hydroxylation is 1. The average molecular weight is 309 g/mol. The molecule has 0 saturated heterocycles. The van der Waals surface area contributed by atoms with Gasteiger partial charge in [-0.15, -0.1) is 0 Å². The fraction of sp³-hybridized carbons (Fsp3) is 0.368. The number of carbonyl (C=O) groups excluding carboxylic acids is 2.